The average molecular weight is 254 g/mol. The molecule has 102 valence electrons. The molecule has 0 radical (unpaired) electrons. The minimum Gasteiger partial charge on any atom is -0.446 e. The van der Waals surface area contributed by atoms with E-state index in [9.17, 15) is 4.79 Å². The number of rotatable bonds is 3. The molecule has 0 unspecified atom stereocenters. The summed E-state index contributed by atoms with van der Waals surface area (Å²) in [5.41, 5.74) is 7.99. The van der Waals surface area contributed by atoms with Crippen molar-refractivity contribution in [2.45, 2.75) is 58.1 Å². The van der Waals surface area contributed by atoms with Crippen LogP contribution in [0.2, 0.25) is 0 Å². The third-order valence-corrected chi connectivity index (χ3v) is 2.95. The lowest BCUT2D eigenvalue weighted by molar-refractivity contribution is 0.0608. The summed E-state index contributed by atoms with van der Waals surface area (Å²) in [7, 11) is 0. The Hall–Kier alpha value is -1.42. The first-order valence-corrected chi connectivity index (χ1v) is 6.40. The topological polar surface area (TPSA) is 87.1 Å². The van der Waals surface area contributed by atoms with E-state index in [2.05, 4.69) is 15.3 Å². The molecule has 1 aliphatic rings. The second-order valence-corrected chi connectivity index (χ2v) is 5.84. The zero-order chi connectivity index (χ0) is 13.6. The molecule has 1 saturated carbocycles. The number of hydrogen-bond acceptors (Lipinski definition) is 3. The van der Waals surface area contributed by atoms with Gasteiger partial charge in [0.15, 0.2) is 0 Å². The van der Waals surface area contributed by atoms with Crippen molar-refractivity contribution in [3.63, 3.8) is 0 Å². The first-order chi connectivity index (χ1) is 8.40. The standard InChI is InChI=1S/C12H22N4O2/c1-12(2,3)15-11(17)18-10-6-4-9(5-7-10)8-14-16-13/h9-10H,4-8H2,1-3H3,(H,15,17). The molecule has 0 aromatic rings. The molecule has 1 rings (SSSR count). The van der Waals surface area contributed by atoms with Gasteiger partial charge in [0.25, 0.3) is 0 Å². The summed E-state index contributed by atoms with van der Waals surface area (Å²) in [5, 5.41) is 6.37. The van der Waals surface area contributed by atoms with Crippen LogP contribution in [0, 0.1) is 5.92 Å². The van der Waals surface area contributed by atoms with Gasteiger partial charge in [0.05, 0.1) is 0 Å². The summed E-state index contributed by atoms with van der Waals surface area (Å²) < 4.78 is 5.37. The molecule has 0 saturated heterocycles. The third-order valence-electron chi connectivity index (χ3n) is 2.95. The lowest BCUT2D eigenvalue weighted by Gasteiger charge is -2.29. The summed E-state index contributed by atoms with van der Waals surface area (Å²) in [6.07, 6.45) is 3.25. The number of hydrogen-bond donors (Lipinski definition) is 1. The molecule has 0 atom stereocenters. The second-order valence-electron chi connectivity index (χ2n) is 5.84. The summed E-state index contributed by atoms with van der Waals surface area (Å²) >= 11 is 0. The lowest BCUT2D eigenvalue weighted by Crippen LogP contribution is -2.42. The van der Waals surface area contributed by atoms with Crippen LogP contribution in [0.5, 0.6) is 0 Å². The van der Waals surface area contributed by atoms with Gasteiger partial charge in [-0.3, -0.25) is 0 Å². The number of nitrogens with zero attached hydrogens (tertiary/aromatic N) is 3. The largest absolute Gasteiger partial charge is 0.446 e. The van der Waals surface area contributed by atoms with Crippen LogP contribution in [-0.4, -0.2) is 24.3 Å². The maximum absolute atomic E-state index is 11.6. The van der Waals surface area contributed by atoms with Crippen LogP contribution in [0.1, 0.15) is 46.5 Å². The van der Waals surface area contributed by atoms with Gasteiger partial charge in [-0.25, -0.2) is 4.79 Å². The highest BCUT2D eigenvalue weighted by molar-refractivity contribution is 5.68. The molecule has 6 heteroatoms. The van der Waals surface area contributed by atoms with Crippen LogP contribution in [-0.2, 0) is 4.74 Å². The molecule has 1 amide bonds. The predicted molar refractivity (Wildman–Crippen MR) is 69.1 cm³/mol. The van der Waals surface area contributed by atoms with E-state index in [0.717, 1.165) is 25.7 Å². The van der Waals surface area contributed by atoms with Gasteiger partial charge in [0.2, 0.25) is 0 Å². The van der Waals surface area contributed by atoms with Gasteiger partial charge >= 0.3 is 6.09 Å². The number of carbonyl (C=O) groups is 1. The zero-order valence-electron chi connectivity index (χ0n) is 11.3. The van der Waals surface area contributed by atoms with E-state index in [4.69, 9.17) is 10.3 Å². The molecule has 0 spiro atoms. The predicted octanol–water partition coefficient (Wildman–Crippen LogP) is 3.38. The zero-order valence-corrected chi connectivity index (χ0v) is 11.3. The lowest BCUT2D eigenvalue weighted by atomic mass is 9.87. The van der Waals surface area contributed by atoms with Crippen LogP contribution in [0.3, 0.4) is 0 Å². The number of nitrogens with one attached hydrogen (secondary N) is 1. The smallest absolute Gasteiger partial charge is 0.407 e. The van der Waals surface area contributed by atoms with E-state index >= 15 is 0 Å². The monoisotopic (exact) mass is 254 g/mol. The summed E-state index contributed by atoms with van der Waals surface area (Å²) in [6, 6.07) is 0. The van der Waals surface area contributed by atoms with Crippen molar-refractivity contribution in [3.8, 4) is 0 Å². The minimum atomic E-state index is -0.346. The molecule has 0 aromatic carbocycles. The Morgan fingerprint density at radius 1 is 1.39 bits per heavy atom. The Morgan fingerprint density at radius 3 is 2.50 bits per heavy atom. The van der Waals surface area contributed by atoms with Crippen LogP contribution in [0.15, 0.2) is 5.11 Å². The number of azide groups is 1. The maximum Gasteiger partial charge on any atom is 0.407 e. The van der Waals surface area contributed by atoms with Crippen molar-refractivity contribution in [3.05, 3.63) is 10.4 Å². The molecule has 0 heterocycles. The van der Waals surface area contributed by atoms with Crippen molar-refractivity contribution in [2.24, 2.45) is 11.0 Å². The fraction of sp³-hybridized carbons (Fsp3) is 0.917. The number of ether oxygens (including phenoxy) is 1. The minimum absolute atomic E-state index is 0.00494. The fourth-order valence-electron chi connectivity index (χ4n) is 2.07. The SMILES string of the molecule is CC(C)(C)NC(=O)OC1CCC(CN=[N+]=[N-])CC1. The van der Waals surface area contributed by atoms with E-state index in [1.54, 1.807) is 0 Å². The Morgan fingerprint density at radius 2 is 2.00 bits per heavy atom. The normalized spacial score (nSPS) is 23.9. The molecule has 18 heavy (non-hydrogen) atoms. The number of amides is 1. The number of carbonyl (C=O) groups excluding carboxylic acids is 1. The quantitative estimate of drug-likeness (QED) is 0.475. The molecule has 0 aliphatic heterocycles. The van der Waals surface area contributed by atoms with Crippen LogP contribution < -0.4 is 5.32 Å². The number of alkyl carbamates (subject to hydrolysis) is 1. The Bertz CT molecular complexity index is 323. The highest BCUT2D eigenvalue weighted by Gasteiger charge is 2.24. The van der Waals surface area contributed by atoms with Crippen LogP contribution in [0.4, 0.5) is 4.79 Å². The molecular weight excluding hydrogens is 232 g/mol. The van der Waals surface area contributed by atoms with Gasteiger partial charge in [-0.05, 0) is 57.9 Å². The molecule has 0 bridgehead atoms. The summed E-state index contributed by atoms with van der Waals surface area (Å²) in [6.45, 7) is 6.32. The Kier molecular flexibility index (Phi) is 5.28. The van der Waals surface area contributed by atoms with Gasteiger partial charge in [0, 0.05) is 17.0 Å². The maximum atomic E-state index is 11.6. The van der Waals surface area contributed by atoms with E-state index in [0.29, 0.717) is 12.5 Å². The van der Waals surface area contributed by atoms with Crippen molar-refractivity contribution in [1.29, 1.82) is 0 Å². The molecular formula is C12H22N4O2. The average Bonchev–Trinajstić information content (AvgIpc) is 2.25. The van der Waals surface area contributed by atoms with Gasteiger partial charge in [-0.1, -0.05) is 5.11 Å². The van der Waals surface area contributed by atoms with Crippen molar-refractivity contribution >= 4 is 6.09 Å². The van der Waals surface area contributed by atoms with Gasteiger partial charge in [0.1, 0.15) is 6.10 Å². The third kappa shape index (κ3) is 5.77. The van der Waals surface area contributed by atoms with Crippen LogP contribution in [0.25, 0.3) is 10.4 Å². The van der Waals surface area contributed by atoms with Crippen molar-refractivity contribution < 1.29 is 9.53 Å². The van der Waals surface area contributed by atoms with Gasteiger partial charge in [-0.15, -0.1) is 0 Å². The molecule has 1 aliphatic carbocycles. The Balaban J connectivity index is 2.27. The molecule has 1 N–H and O–H groups in total. The highest BCUT2D eigenvalue weighted by atomic mass is 16.6. The fourth-order valence-corrected chi connectivity index (χ4v) is 2.07. The molecule has 0 aromatic heterocycles. The highest BCUT2D eigenvalue weighted by Crippen LogP contribution is 2.26. The van der Waals surface area contributed by atoms with E-state index in [1.807, 2.05) is 20.8 Å². The first-order valence-electron chi connectivity index (χ1n) is 6.40. The van der Waals surface area contributed by atoms with Crippen LogP contribution >= 0.6 is 0 Å². The second kappa shape index (κ2) is 6.50. The summed E-state index contributed by atoms with van der Waals surface area (Å²) in [5.74, 6) is 0.437. The Labute approximate surface area is 108 Å². The van der Waals surface area contributed by atoms with Gasteiger partial charge in [-0.2, -0.15) is 0 Å². The van der Waals surface area contributed by atoms with Crippen molar-refractivity contribution in [1.82, 2.24) is 5.32 Å². The molecule has 6 nitrogen and oxygen atoms in total. The first kappa shape index (κ1) is 14.6. The van der Waals surface area contributed by atoms with E-state index in [-0.39, 0.29) is 17.7 Å². The van der Waals surface area contributed by atoms with E-state index in [1.165, 1.54) is 0 Å². The molecule has 1 fully saturated rings. The van der Waals surface area contributed by atoms with Crippen molar-refractivity contribution in [2.75, 3.05) is 6.54 Å². The van der Waals surface area contributed by atoms with E-state index < -0.39 is 0 Å². The summed E-state index contributed by atoms with van der Waals surface area (Å²) in [4.78, 5) is 14.3. The van der Waals surface area contributed by atoms with Gasteiger partial charge < -0.3 is 10.1 Å².